The predicted molar refractivity (Wildman–Crippen MR) is 112 cm³/mol. The number of Topliss-reactive ketones (excluding diaryl/α,β-unsaturated/α-hetero) is 1. The third kappa shape index (κ3) is 3.67. The van der Waals surface area contributed by atoms with Gasteiger partial charge in [-0.3, -0.25) is 4.79 Å². The van der Waals surface area contributed by atoms with Gasteiger partial charge in [-0.15, -0.1) is 0 Å². The van der Waals surface area contributed by atoms with Crippen molar-refractivity contribution < 1.29 is 14.3 Å². The summed E-state index contributed by atoms with van der Waals surface area (Å²) in [7, 11) is 0. The Morgan fingerprint density at radius 2 is 1.97 bits per heavy atom. The van der Waals surface area contributed by atoms with Crippen LogP contribution >= 0.6 is 0 Å². The van der Waals surface area contributed by atoms with E-state index < -0.39 is 5.97 Å². The lowest BCUT2D eigenvalue weighted by molar-refractivity contribution is 0.0473. The summed E-state index contributed by atoms with van der Waals surface area (Å²) >= 11 is 0. The Morgan fingerprint density at radius 1 is 1.20 bits per heavy atom. The molecule has 7 heteroatoms. The average Bonchev–Trinajstić information content (AvgIpc) is 3.37. The third-order valence-electron chi connectivity index (χ3n) is 5.47. The largest absolute Gasteiger partial charge is 0.454 e. The van der Waals surface area contributed by atoms with Crippen molar-refractivity contribution in [2.24, 2.45) is 0 Å². The molecule has 0 spiro atoms. The van der Waals surface area contributed by atoms with Crippen molar-refractivity contribution in [3.63, 3.8) is 0 Å². The van der Waals surface area contributed by atoms with Gasteiger partial charge in [-0.05, 0) is 50.8 Å². The molecule has 1 fully saturated rings. The van der Waals surface area contributed by atoms with Crippen LogP contribution in [0.15, 0.2) is 36.7 Å². The summed E-state index contributed by atoms with van der Waals surface area (Å²) in [6.45, 7) is 7.62. The van der Waals surface area contributed by atoms with E-state index in [2.05, 4.69) is 14.6 Å². The number of aromatic nitrogens is 4. The molecule has 30 heavy (non-hydrogen) atoms. The molecule has 0 aliphatic heterocycles. The molecule has 0 amide bonds. The normalized spacial score (nSPS) is 13.6. The number of carbonyl (C=O) groups is 2. The number of esters is 1. The van der Waals surface area contributed by atoms with Gasteiger partial charge in [-0.25, -0.2) is 14.5 Å². The van der Waals surface area contributed by atoms with Crippen LogP contribution in [0.5, 0.6) is 0 Å². The number of pyridine rings is 1. The highest BCUT2D eigenvalue weighted by Gasteiger charge is 2.29. The van der Waals surface area contributed by atoms with Crippen LogP contribution in [-0.4, -0.2) is 37.7 Å². The van der Waals surface area contributed by atoms with E-state index in [0.717, 1.165) is 24.2 Å². The van der Waals surface area contributed by atoms with Crippen molar-refractivity contribution in [1.82, 2.24) is 19.3 Å². The fraction of sp³-hybridized carbons (Fsp3) is 0.391. The fourth-order valence-electron chi connectivity index (χ4n) is 3.97. The van der Waals surface area contributed by atoms with Gasteiger partial charge in [0.2, 0.25) is 5.78 Å². The van der Waals surface area contributed by atoms with Crippen molar-refractivity contribution in [2.45, 2.75) is 52.5 Å². The third-order valence-corrected chi connectivity index (χ3v) is 5.47. The average molecular weight is 406 g/mol. The lowest BCUT2D eigenvalue weighted by Crippen LogP contribution is -2.17. The molecule has 0 saturated heterocycles. The molecule has 0 atom stereocenters. The van der Waals surface area contributed by atoms with Crippen molar-refractivity contribution in [3.8, 4) is 5.82 Å². The maximum Gasteiger partial charge on any atom is 0.342 e. The van der Waals surface area contributed by atoms with Crippen LogP contribution in [0.4, 0.5) is 0 Å². The first-order chi connectivity index (χ1) is 14.4. The Hall–Kier alpha value is -3.22. The van der Waals surface area contributed by atoms with Gasteiger partial charge >= 0.3 is 5.97 Å². The van der Waals surface area contributed by atoms with Crippen LogP contribution < -0.4 is 0 Å². The van der Waals surface area contributed by atoms with E-state index in [1.165, 1.54) is 6.20 Å². The Labute approximate surface area is 175 Å². The minimum absolute atomic E-state index is 0.0187. The first-order valence-corrected chi connectivity index (χ1v) is 10.3. The first-order valence-electron chi connectivity index (χ1n) is 10.3. The van der Waals surface area contributed by atoms with Crippen LogP contribution in [-0.2, 0) is 4.74 Å². The summed E-state index contributed by atoms with van der Waals surface area (Å²) in [6, 6.07) is 7.90. The second-order valence-corrected chi connectivity index (χ2v) is 8.08. The molecule has 1 aliphatic carbocycles. The van der Waals surface area contributed by atoms with Gasteiger partial charge in [0.1, 0.15) is 5.56 Å². The van der Waals surface area contributed by atoms with Gasteiger partial charge in [0, 0.05) is 29.2 Å². The Morgan fingerprint density at radius 3 is 2.60 bits per heavy atom. The van der Waals surface area contributed by atoms with Crippen LogP contribution in [0.3, 0.4) is 0 Å². The van der Waals surface area contributed by atoms with E-state index in [-0.39, 0.29) is 18.3 Å². The van der Waals surface area contributed by atoms with Crippen molar-refractivity contribution in [3.05, 3.63) is 64.9 Å². The number of ketones is 1. The standard InChI is InChI=1S/C23H26N4O3/c1-14(2)22-19(12-25-27(22)21-7-5-6-10-24-21)23(29)30-13-20(28)18-11-15(3)26(16(18)4)17-8-9-17/h5-7,10-12,14,17H,8-9,13H2,1-4H3. The molecule has 3 aromatic heterocycles. The Kier molecular flexibility index (Phi) is 5.28. The molecular weight excluding hydrogens is 380 g/mol. The van der Waals surface area contributed by atoms with E-state index in [9.17, 15) is 9.59 Å². The minimum Gasteiger partial charge on any atom is -0.454 e. The van der Waals surface area contributed by atoms with Gasteiger partial charge < -0.3 is 9.30 Å². The summed E-state index contributed by atoms with van der Waals surface area (Å²) in [4.78, 5) is 29.8. The molecule has 4 rings (SSSR count). The maximum atomic E-state index is 12.8. The molecule has 0 unspecified atom stereocenters. The topological polar surface area (TPSA) is 79.0 Å². The highest BCUT2D eigenvalue weighted by atomic mass is 16.5. The number of rotatable bonds is 7. The van der Waals surface area contributed by atoms with Gasteiger partial charge in [0.15, 0.2) is 12.4 Å². The molecule has 0 radical (unpaired) electrons. The second-order valence-electron chi connectivity index (χ2n) is 8.08. The van der Waals surface area contributed by atoms with Crippen molar-refractivity contribution >= 4 is 11.8 Å². The van der Waals surface area contributed by atoms with Gasteiger partial charge in [0.25, 0.3) is 0 Å². The van der Waals surface area contributed by atoms with E-state index in [4.69, 9.17) is 4.74 Å². The number of aryl methyl sites for hydroxylation is 1. The second kappa shape index (κ2) is 7.89. The first kappa shape index (κ1) is 20.1. The zero-order chi connectivity index (χ0) is 21.4. The number of ether oxygens (including phenoxy) is 1. The molecule has 3 aromatic rings. The van der Waals surface area contributed by atoms with E-state index in [0.29, 0.717) is 28.7 Å². The SMILES string of the molecule is Cc1cc(C(=O)COC(=O)c2cnn(-c3ccccn3)c2C(C)C)c(C)n1C1CC1. The molecule has 0 N–H and O–H groups in total. The van der Waals surface area contributed by atoms with E-state index in [1.54, 1.807) is 10.9 Å². The van der Waals surface area contributed by atoms with Gasteiger partial charge in [-0.2, -0.15) is 5.10 Å². The molecule has 0 bridgehead atoms. The number of hydrogen-bond acceptors (Lipinski definition) is 5. The summed E-state index contributed by atoms with van der Waals surface area (Å²) in [6.07, 6.45) is 5.46. The fourth-order valence-corrected chi connectivity index (χ4v) is 3.97. The quantitative estimate of drug-likeness (QED) is 0.434. The Bertz CT molecular complexity index is 1090. The van der Waals surface area contributed by atoms with Crippen LogP contribution in [0.2, 0.25) is 0 Å². The Balaban J connectivity index is 1.52. The lowest BCUT2D eigenvalue weighted by atomic mass is 10.1. The molecule has 7 nitrogen and oxygen atoms in total. The smallest absolute Gasteiger partial charge is 0.342 e. The summed E-state index contributed by atoms with van der Waals surface area (Å²) < 4.78 is 9.25. The van der Waals surface area contributed by atoms with Gasteiger partial charge in [-0.1, -0.05) is 19.9 Å². The molecule has 1 aliphatic rings. The van der Waals surface area contributed by atoms with Crippen LogP contribution in [0.1, 0.15) is 76.4 Å². The van der Waals surface area contributed by atoms with E-state index >= 15 is 0 Å². The summed E-state index contributed by atoms with van der Waals surface area (Å²) in [5.41, 5.74) is 3.70. The monoisotopic (exact) mass is 406 g/mol. The lowest BCUT2D eigenvalue weighted by Gasteiger charge is -2.12. The maximum absolute atomic E-state index is 12.8. The predicted octanol–water partition coefficient (Wildman–Crippen LogP) is 4.18. The minimum atomic E-state index is -0.551. The van der Waals surface area contributed by atoms with Crippen LogP contribution in [0.25, 0.3) is 5.82 Å². The molecule has 156 valence electrons. The number of hydrogen-bond donors (Lipinski definition) is 0. The zero-order valence-electron chi connectivity index (χ0n) is 17.8. The molecule has 3 heterocycles. The molecule has 1 saturated carbocycles. The highest BCUT2D eigenvalue weighted by Crippen LogP contribution is 2.38. The number of nitrogens with zero attached hydrogens (tertiary/aromatic N) is 4. The molecular formula is C23H26N4O3. The summed E-state index contributed by atoms with van der Waals surface area (Å²) in [5, 5.41) is 4.33. The zero-order valence-corrected chi connectivity index (χ0v) is 17.8. The molecule has 0 aromatic carbocycles. The summed E-state index contributed by atoms with van der Waals surface area (Å²) in [5.74, 6) is -0.0918. The van der Waals surface area contributed by atoms with Crippen molar-refractivity contribution in [2.75, 3.05) is 6.61 Å². The highest BCUT2D eigenvalue weighted by molar-refractivity contribution is 6.00. The van der Waals surface area contributed by atoms with Crippen LogP contribution in [0, 0.1) is 13.8 Å². The van der Waals surface area contributed by atoms with Gasteiger partial charge in [0.05, 0.1) is 11.9 Å². The number of carbonyl (C=O) groups excluding carboxylic acids is 2. The van der Waals surface area contributed by atoms with Crippen molar-refractivity contribution in [1.29, 1.82) is 0 Å². The van der Waals surface area contributed by atoms with E-state index in [1.807, 2.05) is 52.0 Å².